The Morgan fingerprint density at radius 3 is 2.77 bits per heavy atom. The summed E-state index contributed by atoms with van der Waals surface area (Å²) >= 11 is 0. The Balaban J connectivity index is 1.19. The zero-order chi connectivity index (χ0) is 24.5. The number of aryl methyl sites for hydroxylation is 1. The highest BCUT2D eigenvalue weighted by atomic mass is 16.7. The maximum absolute atomic E-state index is 13.2. The average Bonchev–Trinajstić information content (AvgIpc) is 3.73. The molecule has 35 heavy (non-hydrogen) atoms. The Labute approximate surface area is 207 Å². The number of ether oxygens (including phenoxy) is 4. The van der Waals surface area contributed by atoms with Crippen LogP contribution in [0, 0.1) is 11.3 Å². The molecule has 0 bridgehead atoms. The summed E-state index contributed by atoms with van der Waals surface area (Å²) in [5.41, 5.74) is 1.43. The Morgan fingerprint density at radius 1 is 1.20 bits per heavy atom. The minimum atomic E-state index is -1.09. The zero-order valence-electron chi connectivity index (χ0n) is 21.2. The van der Waals surface area contributed by atoms with Crippen molar-refractivity contribution in [3.05, 3.63) is 47.0 Å². The highest BCUT2D eigenvalue weighted by molar-refractivity contribution is 5.97. The molecule has 0 aromatic heterocycles. The standard InChI is InChI=1S/C29H36O6/c1-15(20-14-26(2)28(4,35-26)25(32-5)33-20)16-8-10-18-17(13-16)9-11-19-22(18)23-24(34-23)29(31)12-6-7-21(30)27(19,29)3/h6-8,10,13,15,19-20,22-25,31H,9,11-12,14H2,1-5H3/t15-,19-,20+,22-,23-,24-,25+,26-,27-,28+,29-/m0/s1. The van der Waals surface area contributed by atoms with E-state index in [0.717, 1.165) is 19.3 Å². The molecule has 3 saturated heterocycles. The van der Waals surface area contributed by atoms with Crippen LogP contribution in [0.15, 0.2) is 30.4 Å². The van der Waals surface area contributed by atoms with Crippen LogP contribution >= 0.6 is 0 Å². The Hall–Kier alpha value is -1.57. The Morgan fingerprint density at radius 2 is 2.00 bits per heavy atom. The van der Waals surface area contributed by atoms with Gasteiger partial charge in [-0.2, -0.15) is 0 Å². The molecule has 188 valence electrons. The number of carbonyl (C=O) groups is 1. The molecule has 0 radical (unpaired) electrons. The van der Waals surface area contributed by atoms with Gasteiger partial charge in [0.25, 0.3) is 0 Å². The van der Waals surface area contributed by atoms with E-state index < -0.39 is 11.0 Å². The van der Waals surface area contributed by atoms with Gasteiger partial charge in [0, 0.05) is 25.4 Å². The zero-order valence-corrected chi connectivity index (χ0v) is 21.2. The van der Waals surface area contributed by atoms with Crippen molar-refractivity contribution in [3.63, 3.8) is 0 Å². The first-order valence-electron chi connectivity index (χ1n) is 13.2. The number of carbonyl (C=O) groups excluding carboxylic acids is 1. The van der Waals surface area contributed by atoms with Crippen LogP contribution in [0.3, 0.4) is 0 Å². The molecule has 0 spiro atoms. The summed E-state index contributed by atoms with van der Waals surface area (Å²) in [5, 5.41) is 11.7. The molecule has 4 fully saturated rings. The molecular formula is C29H36O6. The van der Waals surface area contributed by atoms with Crippen molar-refractivity contribution in [3.8, 4) is 0 Å². The molecule has 1 N–H and O–H groups in total. The summed E-state index contributed by atoms with van der Waals surface area (Å²) in [5.74, 6) is 0.481. The predicted molar refractivity (Wildman–Crippen MR) is 128 cm³/mol. The van der Waals surface area contributed by atoms with Gasteiger partial charge in [-0.3, -0.25) is 4.79 Å². The second-order valence-corrected chi connectivity index (χ2v) is 12.4. The first kappa shape index (κ1) is 22.6. The van der Waals surface area contributed by atoms with Gasteiger partial charge in [0.1, 0.15) is 22.9 Å². The van der Waals surface area contributed by atoms with Gasteiger partial charge < -0.3 is 24.1 Å². The number of hydrogen-bond donors (Lipinski definition) is 1. The molecule has 7 rings (SSSR count). The van der Waals surface area contributed by atoms with E-state index in [1.54, 1.807) is 13.2 Å². The summed E-state index contributed by atoms with van der Waals surface area (Å²) < 4.78 is 24.3. The van der Waals surface area contributed by atoms with Crippen LogP contribution in [-0.2, 0) is 30.2 Å². The SMILES string of the molecule is CO[C@@H]1O[C@@H]([C@@H](C)c2ccc3c(c2)CC[C@H]2[C@H]3[C@@H]3O[C@@H]3[C@@]3(O)CC=CC(=O)[C@]23C)C[C@]2(C)O[C@]12C. The highest BCUT2D eigenvalue weighted by Gasteiger charge is 2.75. The van der Waals surface area contributed by atoms with E-state index >= 15 is 0 Å². The maximum Gasteiger partial charge on any atom is 0.189 e. The van der Waals surface area contributed by atoms with Crippen molar-refractivity contribution < 1.29 is 28.8 Å². The summed E-state index contributed by atoms with van der Waals surface area (Å²) in [6.45, 7) is 8.45. The first-order valence-corrected chi connectivity index (χ1v) is 13.2. The molecule has 3 heterocycles. The van der Waals surface area contributed by atoms with Crippen molar-refractivity contribution in [1.82, 2.24) is 0 Å². The maximum atomic E-state index is 13.2. The van der Waals surface area contributed by atoms with Crippen molar-refractivity contribution in [2.45, 2.75) is 107 Å². The molecule has 6 heteroatoms. The van der Waals surface area contributed by atoms with Gasteiger partial charge in [0.2, 0.25) is 0 Å². The van der Waals surface area contributed by atoms with Crippen LogP contribution in [-0.4, -0.2) is 59.4 Å². The minimum absolute atomic E-state index is 0.00604. The minimum Gasteiger partial charge on any atom is -0.386 e. The molecule has 1 saturated carbocycles. The molecule has 1 aromatic carbocycles. The van der Waals surface area contributed by atoms with Gasteiger partial charge >= 0.3 is 0 Å². The Bertz CT molecular complexity index is 1150. The fraction of sp³-hybridized carbons (Fsp3) is 0.690. The second-order valence-electron chi connectivity index (χ2n) is 12.4. The lowest BCUT2D eigenvalue weighted by atomic mass is 9.48. The number of rotatable bonds is 3. The van der Waals surface area contributed by atoms with Crippen LogP contribution < -0.4 is 0 Å². The molecule has 11 atom stereocenters. The number of hydrogen-bond acceptors (Lipinski definition) is 6. The number of methoxy groups -OCH3 is 1. The monoisotopic (exact) mass is 480 g/mol. The number of epoxide rings is 2. The summed E-state index contributed by atoms with van der Waals surface area (Å²) in [4.78, 5) is 13.2. The summed E-state index contributed by atoms with van der Waals surface area (Å²) in [6.07, 6.45) is 6.02. The smallest absolute Gasteiger partial charge is 0.189 e. The fourth-order valence-corrected chi connectivity index (χ4v) is 8.35. The third-order valence-electron chi connectivity index (χ3n) is 11.0. The van der Waals surface area contributed by atoms with Gasteiger partial charge in [-0.05, 0) is 68.7 Å². The third kappa shape index (κ3) is 2.65. The number of aliphatic hydroxyl groups is 1. The van der Waals surface area contributed by atoms with Gasteiger partial charge in [-0.25, -0.2) is 0 Å². The van der Waals surface area contributed by atoms with Crippen LogP contribution in [0.1, 0.15) is 75.5 Å². The lowest BCUT2D eigenvalue weighted by Crippen LogP contribution is -2.65. The number of allylic oxidation sites excluding steroid dienone is 1. The number of benzene rings is 1. The number of fused-ring (bicyclic) bond motifs is 9. The molecule has 3 aliphatic heterocycles. The quantitative estimate of drug-likeness (QED) is 0.663. The average molecular weight is 481 g/mol. The first-order chi connectivity index (χ1) is 16.6. The van der Waals surface area contributed by atoms with Gasteiger partial charge in [0.15, 0.2) is 12.1 Å². The van der Waals surface area contributed by atoms with E-state index in [4.69, 9.17) is 18.9 Å². The van der Waals surface area contributed by atoms with E-state index in [1.807, 2.05) is 13.0 Å². The largest absolute Gasteiger partial charge is 0.386 e. The van der Waals surface area contributed by atoms with E-state index in [-0.39, 0.29) is 59.3 Å². The van der Waals surface area contributed by atoms with E-state index in [1.165, 1.54) is 16.7 Å². The van der Waals surface area contributed by atoms with Crippen molar-refractivity contribution in [2.75, 3.05) is 7.11 Å². The molecule has 1 aromatic rings. The highest BCUT2D eigenvalue weighted by Crippen LogP contribution is 2.66. The van der Waals surface area contributed by atoms with E-state index in [0.29, 0.717) is 6.42 Å². The van der Waals surface area contributed by atoms with Gasteiger partial charge in [0.05, 0.1) is 17.6 Å². The summed E-state index contributed by atoms with van der Waals surface area (Å²) in [6, 6.07) is 6.82. The lowest BCUT2D eigenvalue weighted by molar-refractivity contribution is -0.203. The van der Waals surface area contributed by atoms with Crippen LogP contribution in [0.5, 0.6) is 0 Å². The molecular weight excluding hydrogens is 444 g/mol. The fourth-order valence-electron chi connectivity index (χ4n) is 8.35. The predicted octanol–water partition coefficient (Wildman–Crippen LogP) is 3.79. The molecule has 3 aliphatic carbocycles. The molecule has 0 unspecified atom stereocenters. The summed E-state index contributed by atoms with van der Waals surface area (Å²) in [7, 11) is 1.69. The van der Waals surface area contributed by atoms with Crippen LogP contribution in [0.4, 0.5) is 0 Å². The Kier molecular flexibility index (Phi) is 4.42. The second kappa shape index (κ2) is 6.84. The van der Waals surface area contributed by atoms with Crippen molar-refractivity contribution in [2.24, 2.45) is 11.3 Å². The molecule has 0 amide bonds. The van der Waals surface area contributed by atoms with Crippen LogP contribution in [0.2, 0.25) is 0 Å². The topological polar surface area (TPSA) is 80.8 Å². The molecule has 6 nitrogen and oxygen atoms in total. The van der Waals surface area contributed by atoms with Crippen molar-refractivity contribution in [1.29, 1.82) is 0 Å². The normalized spacial score (nSPS) is 51.9. The molecule has 6 aliphatic rings. The lowest BCUT2D eigenvalue weighted by Gasteiger charge is -2.55. The third-order valence-corrected chi connectivity index (χ3v) is 11.0. The number of ketones is 1. The van der Waals surface area contributed by atoms with Crippen LogP contribution in [0.25, 0.3) is 0 Å². The van der Waals surface area contributed by atoms with Crippen molar-refractivity contribution >= 4 is 5.78 Å². The van der Waals surface area contributed by atoms with E-state index in [9.17, 15) is 9.90 Å². The van der Waals surface area contributed by atoms with E-state index in [2.05, 4.69) is 39.0 Å². The van der Waals surface area contributed by atoms with Gasteiger partial charge in [-0.1, -0.05) is 31.2 Å². The van der Waals surface area contributed by atoms with Gasteiger partial charge in [-0.15, -0.1) is 0 Å².